The minimum atomic E-state index is -4.79. The molecule has 0 aliphatic heterocycles. The maximum atomic E-state index is 12.4. The van der Waals surface area contributed by atoms with Crippen LogP contribution in [0.15, 0.2) is 42.6 Å². The molecule has 0 unspecified atom stereocenters. The van der Waals surface area contributed by atoms with E-state index in [0.29, 0.717) is 30.8 Å². The fourth-order valence-corrected chi connectivity index (χ4v) is 3.49. The summed E-state index contributed by atoms with van der Waals surface area (Å²) in [6.45, 7) is 7.25. The van der Waals surface area contributed by atoms with Crippen LogP contribution >= 0.6 is 0 Å². The molecule has 0 saturated heterocycles. The second-order valence-electron chi connectivity index (χ2n) is 10.2. The van der Waals surface area contributed by atoms with Crippen LogP contribution in [0, 0.1) is 5.41 Å². The number of unbranched alkanes of at least 4 members (excludes halogenated alkanes) is 1. The second-order valence-corrected chi connectivity index (χ2v) is 10.2. The highest BCUT2D eigenvalue weighted by molar-refractivity contribution is 5.91. The summed E-state index contributed by atoms with van der Waals surface area (Å²) >= 11 is 0. The van der Waals surface area contributed by atoms with E-state index in [1.165, 1.54) is 18.2 Å². The number of nitrogens with zero attached hydrogens (tertiary/aromatic N) is 5. The molecule has 204 valence electrons. The van der Waals surface area contributed by atoms with E-state index in [4.69, 9.17) is 0 Å². The van der Waals surface area contributed by atoms with Gasteiger partial charge in [-0.25, -0.2) is 0 Å². The quantitative estimate of drug-likeness (QED) is 0.349. The minimum Gasteiger partial charge on any atom is -0.406 e. The predicted octanol–water partition coefficient (Wildman–Crippen LogP) is 4.12. The standard InChI is InChI=1S/C26H31F3N6O3/c1-25(2,3)17-30-24(37)23-16-35(34-33-23)12-5-4-8-19-10-11-20(32-31-19)15-21(36)13-18-7-6-9-22(14-18)38-26(27,28)29/h6-7,9-11,14,16H,4-5,8,12-13,15,17H2,1-3H3,(H,30,37). The Balaban J connectivity index is 1.39. The number of carbonyl (C=O) groups excluding carboxylic acids is 2. The van der Waals surface area contributed by atoms with Gasteiger partial charge in [0.05, 0.1) is 24.0 Å². The minimum absolute atomic E-state index is 0.0208. The third kappa shape index (κ3) is 10.3. The van der Waals surface area contributed by atoms with Crippen LogP contribution in [0.2, 0.25) is 0 Å². The van der Waals surface area contributed by atoms with Crippen LogP contribution in [0.4, 0.5) is 13.2 Å². The highest BCUT2D eigenvalue weighted by Crippen LogP contribution is 2.23. The number of hydrogen-bond acceptors (Lipinski definition) is 7. The van der Waals surface area contributed by atoms with Crippen molar-refractivity contribution in [3.05, 3.63) is 65.2 Å². The van der Waals surface area contributed by atoms with E-state index >= 15 is 0 Å². The first-order valence-corrected chi connectivity index (χ1v) is 12.2. The van der Waals surface area contributed by atoms with Gasteiger partial charge in [0.15, 0.2) is 5.69 Å². The lowest BCUT2D eigenvalue weighted by Gasteiger charge is -2.17. The number of aromatic nitrogens is 5. The SMILES string of the molecule is CC(C)(C)CNC(=O)c1cn(CCCCc2ccc(CC(=O)Cc3cccc(OC(F)(F)F)c3)nn2)nn1. The van der Waals surface area contributed by atoms with E-state index in [1.54, 1.807) is 29.1 Å². The van der Waals surface area contributed by atoms with Crippen LogP contribution < -0.4 is 10.1 Å². The fraction of sp³-hybridized carbons (Fsp3) is 0.462. The molecule has 12 heteroatoms. The summed E-state index contributed by atoms with van der Waals surface area (Å²) in [5.74, 6) is -0.808. The maximum Gasteiger partial charge on any atom is 0.573 e. The molecule has 1 amide bonds. The zero-order chi connectivity index (χ0) is 27.8. The number of alkyl halides is 3. The summed E-state index contributed by atoms with van der Waals surface area (Å²) in [5, 5.41) is 19.1. The number of nitrogens with one attached hydrogen (secondary N) is 1. The van der Waals surface area contributed by atoms with Crippen molar-refractivity contribution < 1.29 is 27.5 Å². The van der Waals surface area contributed by atoms with Crippen LogP contribution in [-0.4, -0.2) is 49.8 Å². The van der Waals surface area contributed by atoms with Crippen molar-refractivity contribution in [1.29, 1.82) is 0 Å². The predicted molar refractivity (Wildman–Crippen MR) is 132 cm³/mol. The molecule has 0 aliphatic carbocycles. The normalized spacial score (nSPS) is 11.8. The van der Waals surface area contributed by atoms with Crippen molar-refractivity contribution in [3.63, 3.8) is 0 Å². The number of aryl methyl sites for hydroxylation is 2. The number of benzene rings is 1. The van der Waals surface area contributed by atoms with E-state index in [-0.39, 0.29) is 41.4 Å². The lowest BCUT2D eigenvalue weighted by molar-refractivity contribution is -0.274. The summed E-state index contributed by atoms with van der Waals surface area (Å²) in [4.78, 5) is 24.5. The van der Waals surface area contributed by atoms with Crippen LogP contribution in [0.1, 0.15) is 61.1 Å². The number of Topliss-reactive ketones (excluding diaryl/α,β-unsaturated/α-hetero) is 1. The van der Waals surface area contributed by atoms with Crippen molar-refractivity contribution >= 4 is 11.7 Å². The highest BCUT2D eigenvalue weighted by atomic mass is 19.4. The molecule has 9 nitrogen and oxygen atoms in total. The van der Waals surface area contributed by atoms with Crippen molar-refractivity contribution in [3.8, 4) is 5.75 Å². The van der Waals surface area contributed by atoms with Gasteiger partial charge in [0.25, 0.3) is 5.91 Å². The zero-order valence-electron chi connectivity index (χ0n) is 21.6. The Kier molecular flexibility index (Phi) is 9.54. The average Bonchev–Trinajstić information content (AvgIpc) is 3.29. The van der Waals surface area contributed by atoms with Crippen LogP contribution in [0.25, 0.3) is 0 Å². The number of hydrogen-bond donors (Lipinski definition) is 1. The Bertz CT molecular complexity index is 1220. The third-order valence-corrected chi connectivity index (χ3v) is 5.31. The number of ketones is 1. The molecule has 0 spiro atoms. The summed E-state index contributed by atoms with van der Waals surface area (Å²) in [6.07, 6.45) is -0.885. The first kappa shape index (κ1) is 28.7. The van der Waals surface area contributed by atoms with Gasteiger partial charge in [0, 0.05) is 19.5 Å². The van der Waals surface area contributed by atoms with E-state index < -0.39 is 6.36 Å². The number of halogens is 3. The van der Waals surface area contributed by atoms with Crippen LogP contribution in [0.5, 0.6) is 5.75 Å². The summed E-state index contributed by atoms with van der Waals surface area (Å²) in [6, 6.07) is 8.89. The number of amides is 1. The molecule has 0 saturated carbocycles. The van der Waals surface area contributed by atoms with Gasteiger partial charge in [-0.2, -0.15) is 10.2 Å². The van der Waals surface area contributed by atoms with Crippen LogP contribution in [-0.2, 0) is 30.6 Å². The molecule has 0 bridgehead atoms. The molecule has 0 aliphatic rings. The molecule has 0 atom stereocenters. The van der Waals surface area contributed by atoms with Gasteiger partial charge in [-0.05, 0) is 54.5 Å². The molecule has 1 N–H and O–H groups in total. The molecule has 1 aromatic carbocycles. The lowest BCUT2D eigenvalue weighted by Crippen LogP contribution is -2.32. The Labute approximate surface area is 218 Å². The smallest absolute Gasteiger partial charge is 0.406 e. The molecule has 0 radical (unpaired) electrons. The van der Waals surface area contributed by atoms with Gasteiger partial charge in [-0.3, -0.25) is 14.3 Å². The second kappa shape index (κ2) is 12.6. The summed E-state index contributed by atoms with van der Waals surface area (Å²) in [5.41, 5.74) is 1.95. The van der Waals surface area contributed by atoms with Crippen LogP contribution in [0.3, 0.4) is 0 Å². The maximum absolute atomic E-state index is 12.4. The molecule has 0 fully saturated rings. The van der Waals surface area contributed by atoms with E-state index in [9.17, 15) is 22.8 Å². The first-order valence-electron chi connectivity index (χ1n) is 12.2. The van der Waals surface area contributed by atoms with E-state index in [1.807, 2.05) is 20.8 Å². The monoisotopic (exact) mass is 532 g/mol. The zero-order valence-corrected chi connectivity index (χ0v) is 21.6. The third-order valence-electron chi connectivity index (χ3n) is 5.31. The van der Waals surface area contributed by atoms with Gasteiger partial charge < -0.3 is 10.1 Å². The topological polar surface area (TPSA) is 112 Å². The molecule has 38 heavy (non-hydrogen) atoms. The molecular formula is C26H31F3N6O3. The largest absolute Gasteiger partial charge is 0.573 e. The van der Waals surface area contributed by atoms with Crippen molar-refractivity contribution in [2.45, 2.75) is 65.8 Å². The Morgan fingerprint density at radius 1 is 0.974 bits per heavy atom. The van der Waals surface area contributed by atoms with E-state index in [0.717, 1.165) is 18.5 Å². The van der Waals surface area contributed by atoms with Gasteiger partial charge in [0.2, 0.25) is 0 Å². The molecule has 3 aromatic rings. The van der Waals surface area contributed by atoms with Crippen molar-refractivity contribution in [1.82, 2.24) is 30.5 Å². The van der Waals surface area contributed by atoms with Gasteiger partial charge in [-0.15, -0.1) is 18.3 Å². The molecular weight excluding hydrogens is 501 g/mol. The average molecular weight is 533 g/mol. The number of ether oxygens (including phenoxy) is 1. The molecule has 2 heterocycles. The van der Waals surface area contributed by atoms with Gasteiger partial charge in [-0.1, -0.05) is 38.1 Å². The Hall–Kier alpha value is -3.83. The fourth-order valence-electron chi connectivity index (χ4n) is 3.49. The van der Waals surface area contributed by atoms with Crippen molar-refractivity contribution in [2.24, 2.45) is 5.41 Å². The molecule has 2 aromatic heterocycles. The van der Waals surface area contributed by atoms with E-state index in [2.05, 4.69) is 30.6 Å². The lowest BCUT2D eigenvalue weighted by atomic mass is 9.97. The van der Waals surface area contributed by atoms with Gasteiger partial charge >= 0.3 is 6.36 Å². The Morgan fingerprint density at radius 2 is 1.71 bits per heavy atom. The summed E-state index contributed by atoms with van der Waals surface area (Å²) < 4.78 is 42.7. The summed E-state index contributed by atoms with van der Waals surface area (Å²) in [7, 11) is 0. The molecule has 3 rings (SSSR count). The van der Waals surface area contributed by atoms with Gasteiger partial charge in [0.1, 0.15) is 11.5 Å². The first-order chi connectivity index (χ1) is 17.9. The Morgan fingerprint density at radius 3 is 2.39 bits per heavy atom. The highest BCUT2D eigenvalue weighted by Gasteiger charge is 2.31. The van der Waals surface area contributed by atoms with Crippen molar-refractivity contribution in [2.75, 3.05) is 6.54 Å². The number of rotatable bonds is 12. The number of carbonyl (C=O) groups is 2.